The molecule has 1 aliphatic heterocycles. The van der Waals surface area contributed by atoms with Crippen molar-refractivity contribution in [3.8, 4) is 0 Å². The van der Waals surface area contributed by atoms with E-state index in [2.05, 4.69) is 22.5 Å². The Hall–Kier alpha value is -1.63. The number of hydrogen-bond donors (Lipinski definition) is 2. The minimum absolute atomic E-state index is 0.135. The summed E-state index contributed by atoms with van der Waals surface area (Å²) in [5.41, 5.74) is 0.738. The lowest BCUT2D eigenvalue weighted by Gasteiger charge is -2.30. The molecule has 2 heterocycles. The number of hydrogen-bond acceptors (Lipinski definition) is 4. The van der Waals surface area contributed by atoms with Crippen LogP contribution in [-0.4, -0.2) is 41.0 Å². The van der Waals surface area contributed by atoms with Crippen molar-refractivity contribution in [1.82, 2.24) is 15.2 Å². The number of carbonyl (C=O) groups excluding carboxylic acids is 2. The second kappa shape index (κ2) is 8.65. The molecule has 2 fully saturated rings. The number of thiazole rings is 1. The van der Waals surface area contributed by atoms with Crippen molar-refractivity contribution in [2.75, 3.05) is 18.4 Å². The highest BCUT2D eigenvalue weighted by Crippen LogP contribution is 2.20. The summed E-state index contributed by atoms with van der Waals surface area (Å²) in [7, 11) is 0. The lowest BCUT2D eigenvalue weighted by atomic mass is 9.96. The molecule has 3 rings (SSSR count). The van der Waals surface area contributed by atoms with Gasteiger partial charge in [0.05, 0.1) is 12.1 Å². The molecule has 6 nitrogen and oxygen atoms in total. The molecule has 0 atom stereocenters. The van der Waals surface area contributed by atoms with Gasteiger partial charge in [0.1, 0.15) is 0 Å². The molecule has 2 N–H and O–H groups in total. The third kappa shape index (κ3) is 5.42. The van der Waals surface area contributed by atoms with E-state index in [1.807, 2.05) is 10.3 Å². The van der Waals surface area contributed by atoms with E-state index in [-0.39, 0.29) is 18.0 Å². The van der Waals surface area contributed by atoms with Crippen molar-refractivity contribution >= 4 is 28.4 Å². The lowest BCUT2D eigenvalue weighted by molar-refractivity contribution is -0.131. The highest BCUT2D eigenvalue weighted by molar-refractivity contribution is 7.13. The first-order valence-corrected chi connectivity index (χ1v) is 10.3. The first-order valence-electron chi connectivity index (χ1n) is 9.40. The summed E-state index contributed by atoms with van der Waals surface area (Å²) < 4.78 is 0. The fourth-order valence-electron chi connectivity index (χ4n) is 3.54. The number of aromatic nitrogens is 1. The number of nitrogens with one attached hydrogen (secondary N) is 2. The van der Waals surface area contributed by atoms with Crippen LogP contribution in [0, 0.1) is 5.92 Å². The number of likely N-dealkylation sites (tertiary alicyclic amines) is 1. The van der Waals surface area contributed by atoms with E-state index in [1.165, 1.54) is 30.6 Å². The van der Waals surface area contributed by atoms with Crippen LogP contribution in [0.4, 0.5) is 9.93 Å². The molecule has 0 radical (unpaired) electrons. The van der Waals surface area contributed by atoms with Gasteiger partial charge in [-0.2, -0.15) is 0 Å². The minimum Gasteiger partial charge on any atom is -0.342 e. The quantitative estimate of drug-likeness (QED) is 0.860. The number of piperidine rings is 1. The average molecular weight is 365 g/mol. The second-order valence-corrected chi connectivity index (χ2v) is 8.18. The molecule has 1 aromatic rings. The van der Waals surface area contributed by atoms with Crippen LogP contribution in [0.3, 0.4) is 0 Å². The Morgan fingerprint density at radius 2 is 1.92 bits per heavy atom. The average Bonchev–Trinajstić information content (AvgIpc) is 3.03. The number of nitrogens with zero attached hydrogens (tertiary/aromatic N) is 2. The maximum Gasteiger partial charge on any atom is 0.321 e. The minimum atomic E-state index is -0.191. The Bertz CT molecular complexity index is 590. The molecule has 1 aromatic heterocycles. The predicted octanol–water partition coefficient (Wildman–Crippen LogP) is 3.40. The SMILES string of the molecule is CC1CCN(C(=O)Cc2csc(NC(=O)NC3CCCCC3)n2)CC1. The largest absolute Gasteiger partial charge is 0.342 e. The third-order valence-corrected chi connectivity index (χ3v) is 5.99. The molecule has 0 bridgehead atoms. The van der Waals surface area contributed by atoms with Crippen molar-refractivity contribution in [1.29, 1.82) is 0 Å². The van der Waals surface area contributed by atoms with E-state index in [1.54, 1.807) is 0 Å². The van der Waals surface area contributed by atoms with Gasteiger partial charge in [-0.15, -0.1) is 11.3 Å². The highest BCUT2D eigenvalue weighted by Gasteiger charge is 2.21. The van der Waals surface area contributed by atoms with Crippen LogP contribution in [0.15, 0.2) is 5.38 Å². The smallest absolute Gasteiger partial charge is 0.321 e. The number of carbonyl (C=O) groups is 2. The Kier molecular flexibility index (Phi) is 6.29. The van der Waals surface area contributed by atoms with Crippen molar-refractivity contribution in [2.24, 2.45) is 5.92 Å². The van der Waals surface area contributed by atoms with E-state index < -0.39 is 0 Å². The van der Waals surface area contributed by atoms with Crippen LogP contribution in [0.5, 0.6) is 0 Å². The fourth-order valence-corrected chi connectivity index (χ4v) is 4.24. The van der Waals surface area contributed by atoms with E-state index in [0.717, 1.165) is 44.5 Å². The third-order valence-electron chi connectivity index (χ3n) is 5.18. The van der Waals surface area contributed by atoms with E-state index in [9.17, 15) is 9.59 Å². The molecule has 138 valence electrons. The lowest BCUT2D eigenvalue weighted by Crippen LogP contribution is -2.39. The monoisotopic (exact) mass is 364 g/mol. The zero-order valence-electron chi connectivity index (χ0n) is 14.9. The Labute approximate surface area is 153 Å². The van der Waals surface area contributed by atoms with Crippen LogP contribution < -0.4 is 10.6 Å². The van der Waals surface area contributed by atoms with Gasteiger partial charge in [0, 0.05) is 24.5 Å². The zero-order valence-corrected chi connectivity index (χ0v) is 15.7. The molecule has 1 saturated carbocycles. The predicted molar refractivity (Wildman–Crippen MR) is 99.8 cm³/mol. The van der Waals surface area contributed by atoms with Gasteiger partial charge < -0.3 is 10.2 Å². The first kappa shape index (κ1) is 18.2. The molecule has 1 aliphatic carbocycles. The number of amides is 3. The molecule has 7 heteroatoms. The first-order chi connectivity index (χ1) is 12.1. The summed E-state index contributed by atoms with van der Waals surface area (Å²) in [6.07, 6.45) is 8.22. The summed E-state index contributed by atoms with van der Waals surface area (Å²) in [6, 6.07) is 0.0837. The molecule has 1 saturated heterocycles. The molecular formula is C18H28N4O2S. The molecule has 2 aliphatic rings. The van der Waals surface area contributed by atoms with Crippen LogP contribution in [0.1, 0.15) is 57.6 Å². The van der Waals surface area contributed by atoms with Crippen LogP contribution in [0.2, 0.25) is 0 Å². The topological polar surface area (TPSA) is 74.3 Å². The highest BCUT2D eigenvalue weighted by atomic mass is 32.1. The van der Waals surface area contributed by atoms with Gasteiger partial charge in [0.15, 0.2) is 5.13 Å². The van der Waals surface area contributed by atoms with E-state index in [4.69, 9.17) is 0 Å². The number of rotatable bonds is 4. The van der Waals surface area contributed by atoms with E-state index >= 15 is 0 Å². The Morgan fingerprint density at radius 1 is 1.20 bits per heavy atom. The van der Waals surface area contributed by atoms with Crippen LogP contribution >= 0.6 is 11.3 Å². The molecule has 25 heavy (non-hydrogen) atoms. The zero-order chi connectivity index (χ0) is 17.6. The molecule has 0 unspecified atom stereocenters. The summed E-state index contributed by atoms with van der Waals surface area (Å²) in [5.74, 6) is 0.845. The Morgan fingerprint density at radius 3 is 2.64 bits per heavy atom. The number of urea groups is 1. The standard InChI is InChI=1S/C18H28N4O2S/c1-13-7-9-22(10-8-13)16(23)11-15-12-25-18(20-15)21-17(24)19-14-5-3-2-4-6-14/h12-14H,2-11H2,1H3,(H2,19,20,21,24). The summed E-state index contributed by atoms with van der Waals surface area (Å²) >= 11 is 1.38. The van der Waals surface area contributed by atoms with Crippen LogP contribution in [0.25, 0.3) is 0 Å². The summed E-state index contributed by atoms with van der Waals surface area (Å²) in [6.45, 7) is 3.93. The van der Waals surface area contributed by atoms with Crippen LogP contribution in [-0.2, 0) is 11.2 Å². The van der Waals surface area contributed by atoms with Crippen molar-refractivity contribution in [3.05, 3.63) is 11.1 Å². The number of anilines is 1. The fraction of sp³-hybridized carbons (Fsp3) is 0.722. The van der Waals surface area contributed by atoms with Crippen molar-refractivity contribution < 1.29 is 9.59 Å². The molecule has 3 amide bonds. The maximum absolute atomic E-state index is 12.4. The summed E-state index contributed by atoms with van der Waals surface area (Å²) in [5, 5.41) is 8.24. The van der Waals surface area contributed by atoms with Crippen molar-refractivity contribution in [2.45, 2.75) is 64.3 Å². The second-order valence-electron chi connectivity index (χ2n) is 7.32. The van der Waals surface area contributed by atoms with Crippen molar-refractivity contribution in [3.63, 3.8) is 0 Å². The van der Waals surface area contributed by atoms with Gasteiger partial charge in [0.25, 0.3) is 0 Å². The van der Waals surface area contributed by atoms with E-state index in [0.29, 0.717) is 17.5 Å². The molecular weight excluding hydrogens is 336 g/mol. The van der Waals surface area contributed by atoms with Gasteiger partial charge >= 0.3 is 6.03 Å². The van der Waals surface area contributed by atoms with Gasteiger partial charge in [-0.1, -0.05) is 26.2 Å². The van der Waals surface area contributed by atoms with Gasteiger partial charge in [0.2, 0.25) is 5.91 Å². The molecule has 0 spiro atoms. The maximum atomic E-state index is 12.4. The summed E-state index contributed by atoms with van der Waals surface area (Å²) in [4.78, 5) is 30.7. The van der Waals surface area contributed by atoms with Gasteiger partial charge in [-0.25, -0.2) is 9.78 Å². The van der Waals surface area contributed by atoms with Gasteiger partial charge in [-0.05, 0) is 31.6 Å². The molecule has 0 aromatic carbocycles. The van der Waals surface area contributed by atoms with Gasteiger partial charge in [-0.3, -0.25) is 10.1 Å². The Balaban J connectivity index is 1.45. The normalized spacial score (nSPS) is 19.6.